The number of rotatable bonds is 1. The van der Waals surface area contributed by atoms with Gasteiger partial charge >= 0.3 is 5.97 Å². The molecule has 6 rings (SSSR count). The molecule has 2 aliphatic heterocycles. The molecule has 1 spiro atoms. The molecule has 1 N–H and O–H groups in total. The van der Waals surface area contributed by atoms with Crippen molar-refractivity contribution in [3.63, 3.8) is 0 Å². The molecular weight excluding hydrogens is 428 g/mol. The van der Waals surface area contributed by atoms with Gasteiger partial charge in [0, 0.05) is 19.3 Å². The molecule has 6 fully saturated rings. The van der Waals surface area contributed by atoms with E-state index in [4.69, 9.17) is 14.2 Å². The molecule has 6 aliphatic rings. The molecule has 0 aromatic rings. The van der Waals surface area contributed by atoms with Gasteiger partial charge in [-0.05, 0) is 97.7 Å². The molecule has 0 amide bonds. The minimum absolute atomic E-state index is 0.147. The van der Waals surface area contributed by atoms with Crippen LogP contribution in [0.3, 0.4) is 0 Å². The number of aliphatic hydroxyl groups is 1. The third-order valence-corrected chi connectivity index (χ3v) is 12.2. The van der Waals surface area contributed by atoms with Crippen molar-refractivity contribution in [1.82, 2.24) is 0 Å². The van der Waals surface area contributed by atoms with Crippen molar-refractivity contribution in [3.05, 3.63) is 0 Å². The zero-order valence-electron chi connectivity index (χ0n) is 21.9. The topological polar surface area (TPSA) is 65.0 Å². The van der Waals surface area contributed by atoms with E-state index in [1.807, 2.05) is 0 Å². The predicted molar refractivity (Wildman–Crippen MR) is 129 cm³/mol. The summed E-state index contributed by atoms with van der Waals surface area (Å²) >= 11 is 0. The van der Waals surface area contributed by atoms with Crippen LogP contribution in [0.2, 0.25) is 0 Å². The Morgan fingerprint density at radius 2 is 1.79 bits per heavy atom. The highest BCUT2D eigenvalue weighted by molar-refractivity contribution is 5.66. The van der Waals surface area contributed by atoms with Gasteiger partial charge in [0.05, 0.1) is 18.8 Å². The number of hydrogen-bond donors (Lipinski definition) is 1. The van der Waals surface area contributed by atoms with Gasteiger partial charge in [0.15, 0.2) is 5.79 Å². The predicted octanol–water partition coefficient (Wildman–Crippen LogP) is 5.34. The first kappa shape index (κ1) is 23.7. The van der Waals surface area contributed by atoms with E-state index in [1.165, 1.54) is 45.4 Å². The Hall–Kier alpha value is -0.650. The molecule has 4 aliphatic carbocycles. The van der Waals surface area contributed by atoms with E-state index in [-0.39, 0.29) is 23.3 Å². The summed E-state index contributed by atoms with van der Waals surface area (Å²) in [6.45, 7) is 12.0. The SMILES string of the molecule is CC(=O)O[C@@H]1C[C@H]2CC[C@@H]3[C@H](CC[C@]4(C)[C@@H]5[C@H](C[C@@H]34)O[C@]3(CC[C@@H](C)CO3)[C@H]5C)[C@@]2(C)C[C@H]1O. The van der Waals surface area contributed by atoms with Gasteiger partial charge in [0.2, 0.25) is 0 Å². The van der Waals surface area contributed by atoms with Crippen molar-refractivity contribution in [3.8, 4) is 0 Å². The zero-order valence-corrected chi connectivity index (χ0v) is 21.9. The summed E-state index contributed by atoms with van der Waals surface area (Å²) in [6.07, 6.45) is 9.54. The third kappa shape index (κ3) is 3.24. The second kappa shape index (κ2) is 7.92. The first-order chi connectivity index (χ1) is 16.1. The minimum Gasteiger partial charge on any atom is -0.460 e. The van der Waals surface area contributed by atoms with E-state index in [9.17, 15) is 9.90 Å². The maximum absolute atomic E-state index is 11.6. The number of carbonyl (C=O) groups is 1. The van der Waals surface area contributed by atoms with E-state index >= 15 is 0 Å². The molecule has 0 bridgehead atoms. The minimum atomic E-state index is -0.533. The number of ether oxygens (including phenoxy) is 3. The zero-order chi connectivity index (χ0) is 24.0. The molecular formula is C29H46O5. The quantitative estimate of drug-likeness (QED) is 0.520. The van der Waals surface area contributed by atoms with Crippen LogP contribution in [0.1, 0.15) is 92.4 Å². The lowest BCUT2D eigenvalue weighted by molar-refractivity contribution is -0.273. The average molecular weight is 475 g/mol. The maximum Gasteiger partial charge on any atom is 0.302 e. The van der Waals surface area contributed by atoms with Gasteiger partial charge in [-0.15, -0.1) is 0 Å². The lowest BCUT2D eigenvalue weighted by Gasteiger charge is -2.61. The molecule has 4 saturated carbocycles. The standard InChI is InChI=1S/C29H46O5/c1-16-8-11-29(32-15-16)17(2)26-25(34-29)13-22-20-7-6-19-12-24(33-18(3)30)23(31)14-28(19,5)21(20)9-10-27(22,26)4/h16-17,19-26,31H,6-15H2,1-5H3/t16-,17+,19-,20-,21+,22+,23-,24-,25+,26+,27+,28+,29-/m1/s1. The number of esters is 1. The molecule has 13 atom stereocenters. The third-order valence-electron chi connectivity index (χ3n) is 12.2. The summed E-state index contributed by atoms with van der Waals surface area (Å²) in [6, 6.07) is 0. The molecule has 192 valence electrons. The van der Waals surface area contributed by atoms with Crippen molar-refractivity contribution in [1.29, 1.82) is 0 Å². The second-order valence-corrected chi connectivity index (χ2v) is 13.8. The first-order valence-corrected chi connectivity index (χ1v) is 14.2. The lowest BCUT2D eigenvalue weighted by Crippen LogP contribution is -2.57. The Kier molecular flexibility index (Phi) is 5.53. The molecule has 2 heterocycles. The normalized spacial score (nSPS) is 58.5. The fraction of sp³-hybridized carbons (Fsp3) is 0.966. The van der Waals surface area contributed by atoms with Crippen LogP contribution in [0, 0.1) is 52.3 Å². The van der Waals surface area contributed by atoms with Gasteiger partial charge in [-0.3, -0.25) is 4.79 Å². The van der Waals surface area contributed by atoms with Gasteiger partial charge < -0.3 is 19.3 Å². The highest BCUT2D eigenvalue weighted by Gasteiger charge is 2.69. The summed E-state index contributed by atoms with van der Waals surface area (Å²) in [7, 11) is 0. The molecule has 2 saturated heterocycles. The van der Waals surface area contributed by atoms with E-state index in [2.05, 4.69) is 27.7 Å². The van der Waals surface area contributed by atoms with Gasteiger partial charge in [-0.1, -0.05) is 27.7 Å². The lowest BCUT2D eigenvalue weighted by atomic mass is 9.44. The number of aliphatic hydroxyl groups excluding tert-OH is 1. The van der Waals surface area contributed by atoms with Gasteiger partial charge in [0.1, 0.15) is 6.10 Å². The summed E-state index contributed by atoms with van der Waals surface area (Å²) < 4.78 is 18.9. The summed E-state index contributed by atoms with van der Waals surface area (Å²) in [5.74, 6) is 3.74. The Bertz CT molecular complexity index is 819. The van der Waals surface area contributed by atoms with Crippen LogP contribution in [0.25, 0.3) is 0 Å². The highest BCUT2D eigenvalue weighted by atomic mass is 16.7. The van der Waals surface area contributed by atoms with Crippen molar-refractivity contribution in [2.24, 2.45) is 52.3 Å². The molecule has 0 aromatic carbocycles. The van der Waals surface area contributed by atoms with E-state index in [0.717, 1.165) is 31.8 Å². The monoisotopic (exact) mass is 474 g/mol. The van der Waals surface area contributed by atoms with Crippen molar-refractivity contribution < 1.29 is 24.1 Å². The summed E-state index contributed by atoms with van der Waals surface area (Å²) in [4.78, 5) is 11.6. The second-order valence-electron chi connectivity index (χ2n) is 13.8. The Morgan fingerprint density at radius 3 is 2.50 bits per heavy atom. The van der Waals surface area contributed by atoms with Crippen LogP contribution in [-0.2, 0) is 19.0 Å². The number of carbonyl (C=O) groups excluding carboxylic acids is 1. The van der Waals surface area contributed by atoms with Crippen LogP contribution in [0.4, 0.5) is 0 Å². The fourth-order valence-electron chi connectivity index (χ4n) is 10.6. The van der Waals surface area contributed by atoms with Crippen LogP contribution < -0.4 is 0 Å². The number of hydrogen-bond acceptors (Lipinski definition) is 5. The first-order valence-electron chi connectivity index (χ1n) is 14.2. The van der Waals surface area contributed by atoms with Crippen LogP contribution in [0.15, 0.2) is 0 Å². The Balaban J connectivity index is 1.22. The largest absolute Gasteiger partial charge is 0.460 e. The average Bonchev–Trinajstić information content (AvgIpc) is 3.21. The van der Waals surface area contributed by atoms with Gasteiger partial charge in [-0.2, -0.15) is 0 Å². The molecule has 5 nitrogen and oxygen atoms in total. The van der Waals surface area contributed by atoms with Crippen molar-refractivity contribution in [2.45, 2.75) is 117 Å². The maximum atomic E-state index is 11.6. The highest BCUT2D eigenvalue weighted by Crippen LogP contribution is 2.71. The number of fused-ring (bicyclic) bond motifs is 7. The van der Waals surface area contributed by atoms with E-state index in [1.54, 1.807) is 0 Å². The fourth-order valence-corrected chi connectivity index (χ4v) is 10.6. The van der Waals surface area contributed by atoms with Crippen LogP contribution in [-0.4, -0.2) is 41.8 Å². The molecule has 0 aromatic heterocycles. The molecule has 5 heteroatoms. The van der Waals surface area contributed by atoms with Crippen molar-refractivity contribution >= 4 is 5.97 Å². The van der Waals surface area contributed by atoms with Crippen molar-refractivity contribution in [2.75, 3.05) is 6.61 Å². The summed E-state index contributed by atoms with van der Waals surface area (Å²) in [5, 5.41) is 11.0. The van der Waals surface area contributed by atoms with E-state index < -0.39 is 6.10 Å². The molecule has 34 heavy (non-hydrogen) atoms. The summed E-state index contributed by atoms with van der Waals surface area (Å²) in [5.41, 5.74) is 0.478. The van der Waals surface area contributed by atoms with Gasteiger partial charge in [0.25, 0.3) is 0 Å². The van der Waals surface area contributed by atoms with Crippen LogP contribution >= 0.6 is 0 Å². The molecule has 0 radical (unpaired) electrons. The van der Waals surface area contributed by atoms with Gasteiger partial charge in [-0.25, -0.2) is 0 Å². The Morgan fingerprint density at radius 1 is 1.00 bits per heavy atom. The van der Waals surface area contributed by atoms with Crippen LogP contribution in [0.5, 0.6) is 0 Å². The van der Waals surface area contributed by atoms with E-state index in [0.29, 0.717) is 47.0 Å². The smallest absolute Gasteiger partial charge is 0.302 e. The molecule has 0 unspecified atom stereocenters. The Labute approximate surface area is 205 Å².